The number of rotatable bonds is 5. The fourth-order valence-electron chi connectivity index (χ4n) is 3.71. The number of amides is 2. The van der Waals surface area contributed by atoms with Crippen LogP contribution in [0.15, 0.2) is 24.3 Å². The molecule has 1 aliphatic carbocycles. The number of likely N-dealkylation sites (tertiary alicyclic amines) is 1. The van der Waals surface area contributed by atoms with Crippen LogP contribution >= 0.6 is 0 Å². The van der Waals surface area contributed by atoms with Crippen LogP contribution in [-0.2, 0) is 6.42 Å². The molecule has 0 aromatic heterocycles. The summed E-state index contributed by atoms with van der Waals surface area (Å²) in [5.41, 5.74) is 2.65. The van der Waals surface area contributed by atoms with E-state index in [1.54, 1.807) is 0 Å². The van der Waals surface area contributed by atoms with E-state index in [0.29, 0.717) is 0 Å². The van der Waals surface area contributed by atoms with Gasteiger partial charge in [-0.2, -0.15) is 0 Å². The van der Waals surface area contributed by atoms with Crippen LogP contribution in [0.2, 0.25) is 0 Å². The lowest BCUT2D eigenvalue weighted by atomic mass is 9.99. The molecule has 1 saturated heterocycles. The van der Waals surface area contributed by atoms with Crippen LogP contribution in [0, 0.1) is 5.92 Å². The molecular formula is C19H29N3O. The number of aryl methyl sites for hydroxylation is 1. The molecule has 1 aromatic rings. The van der Waals surface area contributed by atoms with Crippen molar-refractivity contribution in [2.24, 2.45) is 5.92 Å². The number of carbonyl (C=O) groups is 1. The Hall–Kier alpha value is -1.55. The maximum Gasteiger partial charge on any atom is 0.315 e. The molecule has 0 radical (unpaired) electrons. The first-order valence-electron chi connectivity index (χ1n) is 9.07. The number of nitrogens with one attached hydrogen (secondary N) is 2. The second-order valence-corrected chi connectivity index (χ2v) is 7.07. The quantitative estimate of drug-likeness (QED) is 0.820. The van der Waals surface area contributed by atoms with Gasteiger partial charge in [-0.3, -0.25) is 0 Å². The van der Waals surface area contributed by atoms with Crippen molar-refractivity contribution in [1.29, 1.82) is 0 Å². The molecule has 1 unspecified atom stereocenters. The second-order valence-electron chi connectivity index (χ2n) is 7.07. The highest BCUT2D eigenvalue weighted by molar-refractivity contribution is 5.74. The van der Waals surface area contributed by atoms with Crippen molar-refractivity contribution < 1.29 is 4.79 Å². The number of carbonyl (C=O) groups excluding carboxylic acids is 1. The summed E-state index contributed by atoms with van der Waals surface area (Å²) >= 11 is 0. The van der Waals surface area contributed by atoms with E-state index >= 15 is 0 Å². The first-order valence-corrected chi connectivity index (χ1v) is 9.07. The van der Waals surface area contributed by atoms with E-state index in [1.165, 1.54) is 37.1 Å². The van der Waals surface area contributed by atoms with Crippen molar-refractivity contribution in [1.82, 2.24) is 15.5 Å². The molecule has 4 heteroatoms. The Bertz CT molecular complexity index is 523. The molecule has 2 N–H and O–H groups in total. The smallest absolute Gasteiger partial charge is 0.315 e. The van der Waals surface area contributed by atoms with Crippen molar-refractivity contribution in [3.63, 3.8) is 0 Å². The summed E-state index contributed by atoms with van der Waals surface area (Å²) in [5.74, 6) is 0.879. The zero-order chi connectivity index (χ0) is 16.1. The summed E-state index contributed by atoms with van der Waals surface area (Å²) in [4.78, 5) is 14.6. The van der Waals surface area contributed by atoms with Crippen LogP contribution in [-0.4, -0.2) is 37.1 Å². The molecule has 0 spiro atoms. The molecule has 4 nitrogen and oxygen atoms in total. The normalized spacial score (nSPS) is 21.9. The van der Waals surface area contributed by atoms with Gasteiger partial charge in [0.05, 0.1) is 6.04 Å². The zero-order valence-electron chi connectivity index (χ0n) is 14.2. The Labute approximate surface area is 139 Å². The third-order valence-electron chi connectivity index (χ3n) is 5.25. The minimum absolute atomic E-state index is 0.0287. The maximum absolute atomic E-state index is 12.1. The number of hydrogen-bond donors (Lipinski definition) is 2. The molecule has 1 heterocycles. The van der Waals surface area contributed by atoms with Gasteiger partial charge in [0, 0.05) is 6.54 Å². The van der Waals surface area contributed by atoms with Crippen LogP contribution in [0.25, 0.3) is 0 Å². The van der Waals surface area contributed by atoms with Crippen molar-refractivity contribution >= 4 is 6.03 Å². The summed E-state index contributed by atoms with van der Waals surface area (Å²) in [5, 5.41) is 6.13. The molecule has 1 aromatic carbocycles. The predicted molar refractivity (Wildman–Crippen MR) is 93.5 cm³/mol. The van der Waals surface area contributed by atoms with Crippen molar-refractivity contribution in [2.45, 2.75) is 45.1 Å². The average Bonchev–Trinajstić information content (AvgIpc) is 2.96. The Kier molecular flexibility index (Phi) is 5.55. The minimum Gasteiger partial charge on any atom is -0.338 e. The molecule has 3 rings (SSSR count). The monoisotopic (exact) mass is 315 g/mol. The van der Waals surface area contributed by atoms with Gasteiger partial charge in [0.15, 0.2) is 0 Å². The molecule has 23 heavy (non-hydrogen) atoms. The van der Waals surface area contributed by atoms with E-state index in [0.717, 1.165) is 38.3 Å². The summed E-state index contributed by atoms with van der Waals surface area (Å²) in [6, 6.07) is 8.56. The molecule has 1 fully saturated rings. The number of benzene rings is 1. The number of fused-ring (bicyclic) bond motifs is 1. The van der Waals surface area contributed by atoms with Crippen LogP contribution < -0.4 is 10.6 Å². The van der Waals surface area contributed by atoms with Crippen LogP contribution in [0.1, 0.15) is 49.8 Å². The molecule has 1 aliphatic heterocycles. The number of hydrogen-bond acceptors (Lipinski definition) is 2. The van der Waals surface area contributed by atoms with Crippen molar-refractivity contribution in [2.75, 3.05) is 26.2 Å². The van der Waals surface area contributed by atoms with Crippen molar-refractivity contribution in [3.8, 4) is 0 Å². The number of nitrogens with zero attached hydrogens (tertiary/aromatic N) is 1. The van der Waals surface area contributed by atoms with E-state index in [2.05, 4.69) is 46.7 Å². The highest BCUT2D eigenvalue weighted by atomic mass is 16.2. The van der Waals surface area contributed by atoms with Crippen molar-refractivity contribution in [3.05, 3.63) is 35.4 Å². The van der Waals surface area contributed by atoms with E-state index < -0.39 is 0 Å². The van der Waals surface area contributed by atoms with E-state index in [1.807, 2.05) is 0 Å². The summed E-state index contributed by atoms with van der Waals surface area (Å²) in [7, 11) is 0. The summed E-state index contributed by atoms with van der Waals surface area (Å²) in [6.45, 7) is 6.62. The van der Waals surface area contributed by atoms with Gasteiger partial charge in [0.2, 0.25) is 0 Å². The number of urea groups is 1. The first kappa shape index (κ1) is 16.3. The zero-order valence-corrected chi connectivity index (χ0v) is 14.2. The Morgan fingerprint density at radius 1 is 1.22 bits per heavy atom. The van der Waals surface area contributed by atoms with Gasteiger partial charge in [-0.25, -0.2) is 4.79 Å². The molecule has 0 bridgehead atoms. The minimum atomic E-state index is -0.0287. The SMILES string of the molecule is CC1CCN(CCCNC(=O)NC2CCc3ccccc32)CC1. The number of piperidine rings is 1. The lowest BCUT2D eigenvalue weighted by Gasteiger charge is -2.30. The van der Waals surface area contributed by atoms with Gasteiger partial charge in [0.1, 0.15) is 0 Å². The van der Waals surface area contributed by atoms with Crippen LogP contribution in [0.5, 0.6) is 0 Å². The Morgan fingerprint density at radius 3 is 2.83 bits per heavy atom. The molecular weight excluding hydrogens is 286 g/mol. The summed E-state index contributed by atoms with van der Waals surface area (Å²) < 4.78 is 0. The predicted octanol–water partition coefficient (Wildman–Crippen LogP) is 3.10. The van der Waals surface area contributed by atoms with Crippen LogP contribution in [0.4, 0.5) is 4.79 Å². The summed E-state index contributed by atoms with van der Waals surface area (Å²) in [6.07, 6.45) is 5.74. The van der Waals surface area contributed by atoms with E-state index in [9.17, 15) is 4.79 Å². The molecule has 1 atom stereocenters. The van der Waals surface area contributed by atoms with Gasteiger partial charge < -0.3 is 15.5 Å². The van der Waals surface area contributed by atoms with E-state index in [4.69, 9.17) is 0 Å². The van der Waals surface area contributed by atoms with Gasteiger partial charge >= 0.3 is 6.03 Å². The standard InChI is InChI=1S/C19H29N3O/c1-15-9-13-22(14-10-15)12-4-11-20-19(23)21-18-8-7-16-5-2-3-6-17(16)18/h2-3,5-6,15,18H,4,7-14H2,1H3,(H2,20,21,23). The van der Waals surface area contributed by atoms with Crippen LogP contribution in [0.3, 0.4) is 0 Å². The first-order chi connectivity index (χ1) is 11.2. The fraction of sp³-hybridized carbons (Fsp3) is 0.632. The highest BCUT2D eigenvalue weighted by Gasteiger charge is 2.23. The lowest BCUT2D eigenvalue weighted by Crippen LogP contribution is -2.39. The van der Waals surface area contributed by atoms with Gasteiger partial charge in [-0.1, -0.05) is 31.2 Å². The van der Waals surface area contributed by atoms with E-state index in [-0.39, 0.29) is 12.1 Å². The lowest BCUT2D eigenvalue weighted by molar-refractivity contribution is 0.190. The molecule has 0 saturated carbocycles. The second kappa shape index (κ2) is 7.82. The fourth-order valence-corrected chi connectivity index (χ4v) is 3.71. The highest BCUT2D eigenvalue weighted by Crippen LogP contribution is 2.30. The largest absolute Gasteiger partial charge is 0.338 e. The Morgan fingerprint density at radius 2 is 2.00 bits per heavy atom. The topological polar surface area (TPSA) is 44.4 Å². The average molecular weight is 315 g/mol. The van der Waals surface area contributed by atoms with Gasteiger partial charge in [-0.15, -0.1) is 0 Å². The molecule has 2 amide bonds. The molecule has 126 valence electrons. The Balaban J connectivity index is 1.33. The molecule has 2 aliphatic rings. The van der Waals surface area contributed by atoms with Gasteiger partial charge in [0.25, 0.3) is 0 Å². The van der Waals surface area contributed by atoms with Gasteiger partial charge in [-0.05, 0) is 68.8 Å². The maximum atomic E-state index is 12.1. The third kappa shape index (κ3) is 4.47. The third-order valence-corrected chi connectivity index (χ3v) is 5.25.